The van der Waals surface area contributed by atoms with Gasteiger partial charge in [0.15, 0.2) is 5.60 Å². The molecule has 23 heavy (non-hydrogen) atoms. The SMILES string of the molecule is C=COOC(c1ccccc1)(c1ccccc1)c1ccccc1. The van der Waals surface area contributed by atoms with Gasteiger partial charge in [-0.25, -0.2) is 0 Å². The van der Waals surface area contributed by atoms with Gasteiger partial charge >= 0.3 is 0 Å². The monoisotopic (exact) mass is 302 g/mol. The standard InChI is InChI=1S/C21H18O2/c1-2-22-23-21(18-12-6-3-7-13-18,19-14-8-4-9-15-19)20-16-10-5-11-17-20/h2-17H,1H2. The van der Waals surface area contributed by atoms with Gasteiger partial charge in [-0.3, -0.25) is 0 Å². The van der Waals surface area contributed by atoms with Crippen molar-refractivity contribution in [3.63, 3.8) is 0 Å². The van der Waals surface area contributed by atoms with E-state index in [0.29, 0.717) is 0 Å². The fourth-order valence-electron chi connectivity index (χ4n) is 2.77. The smallest absolute Gasteiger partial charge is 0.190 e. The number of hydrogen-bond donors (Lipinski definition) is 0. The Morgan fingerprint density at radius 3 is 1.26 bits per heavy atom. The van der Waals surface area contributed by atoms with Crippen molar-refractivity contribution in [3.05, 3.63) is 121 Å². The van der Waals surface area contributed by atoms with Gasteiger partial charge in [-0.05, 0) is 16.7 Å². The van der Waals surface area contributed by atoms with Crippen LogP contribution in [0.5, 0.6) is 0 Å². The van der Waals surface area contributed by atoms with Gasteiger partial charge in [-0.15, -0.1) is 0 Å². The summed E-state index contributed by atoms with van der Waals surface area (Å²) in [6.45, 7) is 3.60. The highest BCUT2D eigenvalue weighted by Gasteiger charge is 2.39. The van der Waals surface area contributed by atoms with Crippen LogP contribution in [-0.2, 0) is 15.4 Å². The van der Waals surface area contributed by atoms with E-state index in [1.807, 2.05) is 91.0 Å². The molecule has 2 nitrogen and oxygen atoms in total. The average molecular weight is 302 g/mol. The third-order valence-electron chi connectivity index (χ3n) is 3.78. The lowest BCUT2D eigenvalue weighted by atomic mass is 9.80. The summed E-state index contributed by atoms with van der Waals surface area (Å²) in [7, 11) is 0. The van der Waals surface area contributed by atoms with Gasteiger partial charge in [0, 0.05) is 0 Å². The van der Waals surface area contributed by atoms with E-state index < -0.39 is 5.60 Å². The molecule has 0 aromatic heterocycles. The molecule has 0 aliphatic heterocycles. The first-order valence-electron chi connectivity index (χ1n) is 7.50. The van der Waals surface area contributed by atoms with Crippen molar-refractivity contribution in [3.8, 4) is 0 Å². The van der Waals surface area contributed by atoms with Gasteiger partial charge in [-0.2, -0.15) is 4.89 Å². The largest absolute Gasteiger partial charge is 0.345 e. The van der Waals surface area contributed by atoms with Gasteiger partial charge in [0.05, 0.1) is 0 Å². The van der Waals surface area contributed by atoms with Gasteiger partial charge in [0.25, 0.3) is 0 Å². The van der Waals surface area contributed by atoms with Gasteiger partial charge in [0.2, 0.25) is 0 Å². The van der Waals surface area contributed by atoms with Crippen molar-refractivity contribution < 1.29 is 9.78 Å². The van der Waals surface area contributed by atoms with Gasteiger partial charge in [0.1, 0.15) is 6.26 Å². The fourth-order valence-corrected chi connectivity index (χ4v) is 2.77. The Kier molecular flexibility index (Phi) is 4.55. The summed E-state index contributed by atoms with van der Waals surface area (Å²) in [6, 6.07) is 30.1. The minimum Gasteiger partial charge on any atom is -0.345 e. The van der Waals surface area contributed by atoms with Crippen LogP contribution in [0.1, 0.15) is 16.7 Å². The van der Waals surface area contributed by atoms with Crippen LogP contribution in [-0.4, -0.2) is 0 Å². The Labute approximate surface area is 136 Å². The molecule has 0 bridgehead atoms. The molecule has 2 heteroatoms. The molecule has 114 valence electrons. The molecule has 0 amide bonds. The Bertz CT molecular complexity index is 640. The molecule has 0 saturated heterocycles. The van der Waals surface area contributed by atoms with E-state index >= 15 is 0 Å². The van der Waals surface area contributed by atoms with E-state index in [1.54, 1.807) is 0 Å². The summed E-state index contributed by atoms with van der Waals surface area (Å²) in [5, 5.41) is 0. The van der Waals surface area contributed by atoms with E-state index in [9.17, 15) is 0 Å². The van der Waals surface area contributed by atoms with E-state index in [1.165, 1.54) is 6.26 Å². The average Bonchev–Trinajstić information content (AvgIpc) is 2.65. The Hall–Kier alpha value is -2.84. The molecule has 0 aliphatic carbocycles. The molecular weight excluding hydrogens is 284 g/mol. The summed E-state index contributed by atoms with van der Waals surface area (Å²) < 4.78 is 0. The lowest BCUT2D eigenvalue weighted by molar-refractivity contribution is -0.305. The second kappa shape index (κ2) is 6.95. The van der Waals surface area contributed by atoms with Crippen LogP contribution in [0.3, 0.4) is 0 Å². The molecule has 0 unspecified atom stereocenters. The molecule has 0 aliphatic rings. The van der Waals surface area contributed by atoms with Crippen molar-refractivity contribution >= 4 is 0 Å². The predicted molar refractivity (Wildman–Crippen MR) is 91.6 cm³/mol. The van der Waals surface area contributed by atoms with Crippen LogP contribution in [0.25, 0.3) is 0 Å². The summed E-state index contributed by atoms with van der Waals surface area (Å²) in [5.41, 5.74) is 2.09. The highest BCUT2D eigenvalue weighted by Crippen LogP contribution is 2.40. The quantitative estimate of drug-likeness (QED) is 0.274. The van der Waals surface area contributed by atoms with E-state index in [2.05, 4.69) is 6.58 Å². The Morgan fingerprint density at radius 1 is 0.609 bits per heavy atom. The van der Waals surface area contributed by atoms with Crippen LogP contribution in [0, 0.1) is 0 Å². The summed E-state index contributed by atoms with van der Waals surface area (Å²) in [5.74, 6) is 0. The van der Waals surface area contributed by atoms with Crippen molar-refractivity contribution in [1.29, 1.82) is 0 Å². The number of hydrogen-bond acceptors (Lipinski definition) is 2. The van der Waals surface area contributed by atoms with Crippen LogP contribution in [0.2, 0.25) is 0 Å². The lowest BCUT2D eigenvalue weighted by Gasteiger charge is -2.33. The topological polar surface area (TPSA) is 18.5 Å². The second-order valence-corrected chi connectivity index (χ2v) is 5.13. The third kappa shape index (κ3) is 2.89. The molecule has 0 fully saturated rings. The first-order chi connectivity index (χ1) is 11.4. The minimum atomic E-state index is -0.863. The first-order valence-corrected chi connectivity index (χ1v) is 7.50. The molecule has 0 radical (unpaired) electrons. The van der Waals surface area contributed by atoms with E-state index in [4.69, 9.17) is 9.78 Å². The lowest BCUT2D eigenvalue weighted by Crippen LogP contribution is -2.32. The van der Waals surface area contributed by atoms with Crippen molar-refractivity contribution in [2.75, 3.05) is 0 Å². The van der Waals surface area contributed by atoms with E-state index in [-0.39, 0.29) is 0 Å². The fraction of sp³-hybridized carbons (Fsp3) is 0.0476. The Balaban J connectivity index is 2.27. The van der Waals surface area contributed by atoms with Crippen LogP contribution in [0.4, 0.5) is 0 Å². The maximum atomic E-state index is 5.92. The molecule has 3 aromatic carbocycles. The second-order valence-electron chi connectivity index (χ2n) is 5.13. The zero-order valence-electron chi connectivity index (χ0n) is 12.8. The van der Waals surface area contributed by atoms with Crippen molar-refractivity contribution in [1.82, 2.24) is 0 Å². The summed E-state index contributed by atoms with van der Waals surface area (Å²) >= 11 is 0. The predicted octanol–water partition coefficient (Wildman–Crippen LogP) is 5.07. The normalized spacial score (nSPS) is 11.0. The Morgan fingerprint density at radius 2 is 0.957 bits per heavy atom. The molecule has 0 spiro atoms. The molecule has 3 rings (SSSR count). The van der Waals surface area contributed by atoms with Gasteiger partial charge < -0.3 is 4.89 Å². The van der Waals surface area contributed by atoms with Crippen LogP contribution >= 0.6 is 0 Å². The zero-order valence-corrected chi connectivity index (χ0v) is 12.8. The minimum absolute atomic E-state index is 0.863. The van der Waals surface area contributed by atoms with Crippen LogP contribution < -0.4 is 0 Å². The van der Waals surface area contributed by atoms with Crippen LogP contribution in [0.15, 0.2) is 104 Å². The highest BCUT2D eigenvalue weighted by atomic mass is 17.2. The molecule has 0 heterocycles. The molecular formula is C21H18O2. The molecule has 0 atom stereocenters. The number of benzene rings is 3. The summed E-state index contributed by atoms with van der Waals surface area (Å²) in [6.07, 6.45) is 1.30. The van der Waals surface area contributed by atoms with Gasteiger partial charge in [-0.1, -0.05) is 97.6 Å². The number of rotatable bonds is 6. The van der Waals surface area contributed by atoms with E-state index in [0.717, 1.165) is 16.7 Å². The maximum absolute atomic E-state index is 5.92. The van der Waals surface area contributed by atoms with Crippen molar-refractivity contribution in [2.24, 2.45) is 0 Å². The third-order valence-corrected chi connectivity index (χ3v) is 3.78. The molecule has 3 aromatic rings. The maximum Gasteiger partial charge on any atom is 0.190 e. The summed E-state index contributed by atoms with van der Waals surface area (Å²) in [4.78, 5) is 11.1. The first kappa shape index (κ1) is 15.1. The zero-order chi connectivity index (χ0) is 16.0. The molecule has 0 saturated carbocycles. The highest BCUT2D eigenvalue weighted by molar-refractivity contribution is 5.47. The van der Waals surface area contributed by atoms with Crippen molar-refractivity contribution in [2.45, 2.75) is 5.60 Å². The molecule has 0 N–H and O–H groups in total.